The van der Waals surface area contributed by atoms with Crippen LogP contribution >= 0.6 is 0 Å². The van der Waals surface area contributed by atoms with E-state index < -0.39 is 0 Å². The quantitative estimate of drug-likeness (QED) is 0.680. The third-order valence-corrected chi connectivity index (χ3v) is 3.58. The van der Waals surface area contributed by atoms with Crippen LogP contribution in [0.25, 0.3) is 5.52 Å². The highest BCUT2D eigenvalue weighted by atomic mass is 16.1. The summed E-state index contributed by atoms with van der Waals surface area (Å²) in [6.07, 6.45) is 3.93. The summed E-state index contributed by atoms with van der Waals surface area (Å²) >= 11 is 0. The average Bonchev–Trinajstić information content (AvgIpc) is 2.87. The minimum atomic E-state index is 0.111. The molecule has 0 saturated heterocycles. The molecule has 0 bridgehead atoms. The summed E-state index contributed by atoms with van der Waals surface area (Å²) < 4.78 is 1.73. The lowest BCUT2D eigenvalue weighted by molar-refractivity contribution is 0.0994. The molecule has 0 aliphatic carbocycles. The number of pyridine rings is 1. The lowest BCUT2D eigenvalue weighted by atomic mass is 9.98. The predicted molar refractivity (Wildman–Crippen MR) is 79.1 cm³/mol. The van der Waals surface area contributed by atoms with Crippen molar-refractivity contribution in [2.45, 2.75) is 20.3 Å². The predicted octanol–water partition coefficient (Wildman–Crippen LogP) is 3.38. The lowest BCUT2D eigenvalue weighted by Crippen LogP contribution is -2.05. The van der Waals surface area contributed by atoms with Gasteiger partial charge in [-0.15, -0.1) is 0 Å². The number of ketones is 1. The summed E-state index contributed by atoms with van der Waals surface area (Å²) in [5, 5.41) is 4.22. The Morgan fingerprint density at radius 2 is 2.05 bits per heavy atom. The summed E-state index contributed by atoms with van der Waals surface area (Å²) in [5.41, 5.74) is 4.97. The maximum atomic E-state index is 12.5. The Bertz CT molecular complexity index is 787. The van der Waals surface area contributed by atoms with Crippen LogP contribution in [0.1, 0.15) is 27.0 Å². The Hall–Kier alpha value is -2.42. The number of fused-ring (bicyclic) bond motifs is 1. The van der Waals surface area contributed by atoms with Gasteiger partial charge in [-0.2, -0.15) is 5.10 Å². The van der Waals surface area contributed by atoms with Crippen molar-refractivity contribution in [2.24, 2.45) is 0 Å². The van der Waals surface area contributed by atoms with Crippen LogP contribution in [-0.4, -0.2) is 15.4 Å². The zero-order valence-corrected chi connectivity index (χ0v) is 11.6. The number of carbonyl (C=O) groups is 1. The molecule has 0 amide bonds. The largest absolute Gasteiger partial charge is 0.294 e. The molecule has 0 radical (unpaired) electrons. The fourth-order valence-electron chi connectivity index (χ4n) is 2.41. The van der Waals surface area contributed by atoms with Crippen molar-refractivity contribution in [2.75, 3.05) is 0 Å². The lowest BCUT2D eigenvalue weighted by Gasteiger charge is -2.06. The van der Waals surface area contributed by atoms with Gasteiger partial charge in [0.15, 0.2) is 5.78 Å². The van der Waals surface area contributed by atoms with E-state index in [1.54, 1.807) is 10.7 Å². The van der Waals surface area contributed by atoms with Crippen LogP contribution < -0.4 is 0 Å². The highest BCUT2D eigenvalue weighted by Crippen LogP contribution is 2.16. The standard InChI is InChI=1S/C17H16N2O/c1-12-6-7-13(2)14(9-12)10-17(20)15-11-18-19-8-4-3-5-16(15)19/h3-9,11H,10H2,1-2H3. The van der Waals surface area contributed by atoms with E-state index in [0.717, 1.165) is 16.6 Å². The molecular formula is C17H16N2O. The molecule has 3 rings (SSSR count). The first-order valence-electron chi connectivity index (χ1n) is 6.67. The van der Waals surface area contributed by atoms with Crippen LogP contribution in [0.5, 0.6) is 0 Å². The van der Waals surface area contributed by atoms with Crippen molar-refractivity contribution in [1.82, 2.24) is 9.61 Å². The van der Waals surface area contributed by atoms with Crippen LogP contribution in [0.15, 0.2) is 48.8 Å². The topological polar surface area (TPSA) is 34.4 Å². The second-order valence-corrected chi connectivity index (χ2v) is 5.12. The molecule has 0 aliphatic heterocycles. The Labute approximate surface area is 117 Å². The van der Waals surface area contributed by atoms with E-state index in [2.05, 4.69) is 23.3 Å². The molecule has 0 fully saturated rings. The minimum absolute atomic E-state index is 0.111. The summed E-state index contributed by atoms with van der Waals surface area (Å²) in [4.78, 5) is 12.5. The third kappa shape index (κ3) is 2.23. The Morgan fingerprint density at radius 1 is 1.20 bits per heavy atom. The van der Waals surface area contributed by atoms with Gasteiger partial charge in [-0.25, -0.2) is 4.52 Å². The molecule has 2 aromatic heterocycles. The van der Waals surface area contributed by atoms with Crippen LogP contribution in [-0.2, 0) is 6.42 Å². The van der Waals surface area contributed by atoms with Crippen LogP contribution in [0.2, 0.25) is 0 Å². The highest BCUT2D eigenvalue weighted by molar-refractivity contribution is 6.03. The first-order valence-corrected chi connectivity index (χ1v) is 6.67. The Kier molecular flexibility index (Phi) is 3.11. The molecule has 100 valence electrons. The van der Waals surface area contributed by atoms with Gasteiger partial charge in [-0.1, -0.05) is 29.8 Å². The van der Waals surface area contributed by atoms with Crippen molar-refractivity contribution in [3.63, 3.8) is 0 Å². The van der Waals surface area contributed by atoms with Gasteiger partial charge in [0, 0.05) is 12.6 Å². The molecule has 0 unspecified atom stereocenters. The van der Waals surface area contributed by atoms with E-state index in [-0.39, 0.29) is 5.78 Å². The fraction of sp³-hybridized carbons (Fsp3) is 0.176. The van der Waals surface area contributed by atoms with Gasteiger partial charge < -0.3 is 0 Å². The summed E-state index contributed by atoms with van der Waals surface area (Å²) in [6, 6.07) is 12.0. The molecule has 2 heterocycles. The van der Waals surface area contributed by atoms with Crippen molar-refractivity contribution in [3.05, 3.63) is 71.0 Å². The second kappa shape index (κ2) is 4.93. The maximum absolute atomic E-state index is 12.5. The number of aromatic nitrogens is 2. The van der Waals surface area contributed by atoms with Crippen molar-refractivity contribution in [1.29, 1.82) is 0 Å². The molecule has 20 heavy (non-hydrogen) atoms. The third-order valence-electron chi connectivity index (χ3n) is 3.58. The molecule has 0 N–H and O–H groups in total. The van der Waals surface area contributed by atoms with Crippen LogP contribution in [0.4, 0.5) is 0 Å². The fourth-order valence-corrected chi connectivity index (χ4v) is 2.41. The smallest absolute Gasteiger partial charge is 0.171 e. The van der Waals surface area contributed by atoms with Gasteiger partial charge in [-0.3, -0.25) is 4.79 Å². The number of Topliss-reactive ketones (excluding diaryl/α,β-unsaturated/α-hetero) is 1. The van der Waals surface area contributed by atoms with E-state index in [9.17, 15) is 4.79 Å². The number of nitrogens with zero attached hydrogens (tertiary/aromatic N) is 2. The molecule has 0 saturated carbocycles. The zero-order chi connectivity index (χ0) is 14.1. The molecule has 0 atom stereocenters. The van der Waals surface area contributed by atoms with Gasteiger partial charge in [0.25, 0.3) is 0 Å². The molecule has 0 spiro atoms. The first kappa shape index (κ1) is 12.6. The van der Waals surface area contributed by atoms with E-state index in [0.29, 0.717) is 12.0 Å². The number of hydrogen-bond acceptors (Lipinski definition) is 2. The molecule has 3 aromatic rings. The Morgan fingerprint density at radius 3 is 2.90 bits per heavy atom. The van der Waals surface area contributed by atoms with Gasteiger partial charge in [0.2, 0.25) is 0 Å². The van der Waals surface area contributed by atoms with Crippen molar-refractivity contribution < 1.29 is 4.79 Å². The molecule has 3 nitrogen and oxygen atoms in total. The van der Waals surface area contributed by atoms with E-state index in [1.165, 1.54) is 5.56 Å². The van der Waals surface area contributed by atoms with Gasteiger partial charge in [0.05, 0.1) is 17.3 Å². The number of rotatable bonds is 3. The SMILES string of the molecule is Cc1ccc(C)c(CC(=O)c2cnn3ccccc23)c1. The number of carbonyl (C=O) groups excluding carboxylic acids is 1. The molecular weight excluding hydrogens is 248 g/mol. The average molecular weight is 264 g/mol. The first-order chi connectivity index (χ1) is 9.65. The van der Waals surface area contributed by atoms with Gasteiger partial charge in [0.1, 0.15) is 0 Å². The van der Waals surface area contributed by atoms with Crippen molar-refractivity contribution in [3.8, 4) is 0 Å². The summed E-state index contributed by atoms with van der Waals surface area (Å²) in [5.74, 6) is 0.111. The van der Waals surface area contributed by atoms with E-state index >= 15 is 0 Å². The van der Waals surface area contributed by atoms with Gasteiger partial charge in [-0.05, 0) is 37.1 Å². The summed E-state index contributed by atoms with van der Waals surface area (Å²) in [7, 11) is 0. The zero-order valence-electron chi connectivity index (χ0n) is 11.6. The van der Waals surface area contributed by atoms with E-state index in [1.807, 2.05) is 38.2 Å². The van der Waals surface area contributed by atoms with Crippen molar-refractivity contribution >= 4 is 11.3 Å². The van der Waals surface area contributed by atoms with Crippen LogP contribution in [0.3, 0.4) is 0 Å². The number of aryl methyl sites for hydroxylation is 2. The monoisotopic (exact) mass is 264 g/mol. The van der Waals surface area contributed by atoms with Crippen LogP contribution in [0, 0.1) is 13.8 Å². The summed E-state index contributed by atoms with van der Waals surface area (Å²) in [6.45, 7) is 4.08. The molecule has 0 aliphatic rings. The second-order valence-electron chi connectivity index (χ2n) is 5.12. The molecule has 3 heteroatoms. The highest BCUT2D eigenvalue weighted by Gasteiger charge is 2.14. The molecule has 1 aromatic carbocycles. The number of benzene rings is 1. The Balaban J connectivity index is 1.95. The normalized spacial score (nSPS) is 10.9. The minimum Gasteiger partial charge on any atom is -0.294 e. The maximum Gasteiger partial charge on any atom is 0.171 e. The van der Waals surface area contributed by atoms with Gasteiger partial charge >= 0.3 is 0 Å². The number of hydrogen-bond donors (Lipinski definition) is 0. The van der Waals surface area contributed by atoms with E-state index in [4.69, 9.17) is 0 Å².